The Balaban J connectivity index is 0.00000112. The van der Waals surface area contributed by atoms with Crippen LogP contribution in [0.5, 0.6) is 0 Å². The number of nitrogens with zero attached hydrogens (tertiary/aromatic N) is 1. The summed E-state index contributed by atoms with van der Waals surface area (Å²) in [5.74, 6) is 0. The predicted octanol–water partition coefficient (Wildman–Crippen LogP) is -1.91. The summed E-state index contributed by atoms with van der Waals surface area (Å²) in [6, 6.07) is 8.45. The van der Waals surface area contributed by atoms with Crippen molar-refractivity contribution >= 4 is 30.6 Å². The number of carbonyl (C=O) groups excluding carboxylic acids is 1. The summed E-state index contributed by atoms with van der Waals surface area (Å²) in [5, 5.41) is 0. The quantitative estimate of drug-likeness (QED) is 0.365. The molecule has 0 aliphatic heterocycles. The van der Waals surface area contributed by atoms with E-state index in [1.165, 1.54) is 14.3 Å². The zero-order valence-electron chi connectivity index (χ0n) is 8.44. The average molecular weight is 333 g/mol. The molecule has 0 atom stereocenters. The zero-order chi connectivity index (χ0) is 9.97. The topological polar surface area (TPSA) is 20.9 Å². The van der Waals surface area contributed by atoms with Crippen LogP contribution in [0.2, 0.25) is 0 Å². The molecule has 4 heteroatoms. The number of aryl methyl sites for hydroxylation is 2. The summed E-state index contributed by atoms with van der Waals surface area (Å²) >= 11 is 0.458. The van der Waals surface area contributed by atoms with E-state index in [-0.39, 0.29) is 17.0 Å². The van der Waals surface area contributed by atoms with Gasteiger partial charge in [0.25, 0.3) is 0 Å². The van der Waals surface area contributed by atoms with Crippen LogP contribution in [0.25, 0.3) is 9.78 Å². The van der Waals surface area contributed by atoms with Crippen LogP contribution >= 0.6 is 0 Å². The van der Waals surface area contributed by atoms with Crippen LogP contribution in [0, 0.1) is 6.92 Å². The molecule has 1 aromatic carbocycles. The van der Waals surface area contributed by atoms with Crippen LogP contribution in [-0.2, 0) is 11.3 Å². The number of aromatic nitrogens is 1. The number of benzene rings is 1. The molecule has 2 nitrogen and oxygen atoms in total. The minimum Gasteiger partial charge on any atom is -1.00 e. The molecule has 0 saturated carbocycles. The monoisotopic (exact) mass is 333 g/mol. The Labute approximate surface area is 105 Å². The standard InChI is InChI=1S/C11H12NOSe.BrH/c1-9-12(7-4-8-13)10-5-2-3-6-11(10)14-9;/h2-3,5-6,8H,4,7H2,1H3;1H/q+1;/p-1. The van der Waals surface area contributed by atoms with Gasteiger partial charge in [0.15, 0.2) is 0 Å². The van der Waals surface area contributed by atoms with Crippen LogP contribution in [0.1, 0.15) is 11.0 Å². The molecule has 0 aliphatic carbocycles. The van der Waals surface area contributed by atoms with Crippen molar-refractivity contribution in [2.24, 2.45) is 0 Å². The Hall–Kier alpha value is -0.441. The number of hydrogen-bond donors (Lipinski definition) is 0. The second-order valence-electron chi connectivity index (χ2n) is 3.20. The summed E-state index contributed by atoms with van der Waals surface area (Å²) in [6.07, 6.45) is 1.60. The second kappa shape index (κ2) is 5.59. The Bertz CT molecular complexity index is 467. The Kier molecular flexibility index (Phi) is 4.71. The van der Waals surface area contributed by atoms with Gasteiger partial charge in [-0.05, 0) is 0 Å². The third-order valence-corrected chi connectivity index (χ3v) is 4.53. The van der Waals surface area contributed by atoms with Gasteiger partial charge in [-0.25, -0.2) is 0 Å². The maximum Gasteiger partial charge on any atom is -1.00 e. The smallest absolute Gasteiger partial charge is 1.00 e. The largest absolute Gasteiger partial charge is 1.00 e. The van der Waals surface area contributed by atoms with Crippen molar-refractivity contribution in [2.45, 2.75) is 19.9 Å². The molecule has 1 heterocycles. The minimum absolute atomic E-state index is 0. The summed E-state index contributed by atoms with van der Waals surface area (Å²) in [4.78, 5) is 10.3. The van der Waals surface area contributed by atoms with Gasteiger partial charge in [0.05, 0.1) is 0 Å². The van der Waals surface area contributed by atoms with Crippen LogP contribution in [-0.4, -0.2) is 20.8 Å². The molecule has 0 saturated heterocycles. The minimum atomic E-state index is 0. The van der Waals surface area contributed by atoms with E-state index in [1.807, 2.05) is 0 Å². The maximum atomic E-state index is 10.3. The molecule has 0 aliphatic rings. The first kappa shape index (κ1) is 12.6. The molecule has 0 radical (unpaired) electrons. The van der Waals surface area contributed by atoms with E-state index in [0.29, 0.717) is 20.9 Å². The summed E-state index contributed by atoms with van der Waals surface area (Å²) in [7, 11) is 0. The molecule has 0 amide bonds. The van der Waals surface area contributed by atoms with Crippen LogP contribution < -0.4 is 21.5 Å². The van der Waals surface area contributed by atoms with Gasteiger partial charge in [0, 0.05) is 0 Å². The molecule has 0 spiro atoms. The first-order chi connectivity index (χ1) is 6.83. The van der Waals surface area contributed by atoms with E-state index in [1.54, 1.807) is 0 Å². The molecule has 0 fully saturated rings. The number of hydrogen-bond acceptors (Lipinski definition) is 1. The van der Waals surface area contributed by atoms with Crippen molar-refractivity contribution in [3.05, 3.63) is 28.8 Å². The molecule has 0 bridgehead atoms. The van der Waals surface area contributed by atoms with Crippen LogP contribution in [0.4, 0.5) is 0 Å². The number of fused-ring (bicyclic) bond motifs is 1. The molecule has 0 unspecified atom stereocenters. The predicted molar refractivity (Wildman–Crippen MR) is 56.5 cm³/mol. The molecule has 0 N–H and O–H groups in total. The van der Waals surface area contributed by atoms with Crippen LogP contribution in [0.3, 0.4) is 0 Å². The third kappa shape index (κ3) is 2.57. The molecule has 80 valence electrons. The fourth-order valence-corrected chi connectivity index (χ4v) is 3.81. The fourth-order valence-electron chi connectivity index (χ4n) is 1.61. The van der Waals surface area contributed by atoms with Crippen molar-refractivity contribution in [1.82, 2.24) is 0 Å². The molecule has 2 rings (SSSR count). The SMILES string of the molecule is Cc1[se]c2ccccc2[n+]1CCC=O.[Br-]. The molecule has 2 aromatic rings. The van der Waals surface area contributed by atoms with Crippen molar-refractivity contribution in [3.8, 4) is 0 Å². The van der Waals surface area contributed by atoms with Crippen molar-refractivity contribution in [3.63, 3.8) is 0 Å². The molecular formula is C11H12BrNOSe. The molecule has 15 heavy (non-hydrogen) atoms. The maximum absolute atomic E-state index is 10.3. The van der Waals surface area contributed by atoms with Gasteiger partial charge < -0.3 is 17.0 Å². The van der Waals surface area contributed by atoms with Crippen molar-refractivity contribution in [2.75, 3.05) is 0 Å². The van der Waals surface area contributed by atoms with Crippen molar-refractivity contribution in [1.29, 1.82) is 0 Å². The van der Waals surface area contributed by atoms with Gasteiger partial charge in [-0.2, -0.15) is 0 Å². The van der Waals surface area contributed by atoms with E-state index < -0.39 is 0 Å². The average Bonchev–Trinajstić information content (AvgIpc) is 2.51. The van der Waals surface area contributed by atoms with Gasteiger partial charge in [0.2, 0.25) is 0 Å². The third-order valence-electron chi connectivity index (χ3n) is 2.26. The summed E-state index contributed by atoms with van der Waals surface area (Å²) < 4.78 is 5.10. The van der Waals surface area contributed by atoms with E-state index in [2.05, 4.69) is 35.8 Å². The van der Waals surface area contributed by atoms with E-state index in [0.717, 1.165) is 12.8 Å². The number of halogens is 1. The first-order valence-corrected chi connectivity index (χ1v) is 6.36. The van der Waals surface area contributed by atoms with Crippen molar-refractivity contribution < 1.29 is 26.3 Å². The number of aldehydes is 1. The summed E-state index contributed by atoms with van der Waals surface area (Å²) in [6.45, 7) is 2.99. The van der Waals surface area contributed by atoms with Gasteiger partial charge in [-0.3, -0.25) is 0 Å². The Morgan fingerprint density at radius 2 is 2.13 bits per heavy atom. The van der Waals surface area contributed by atoms with Gasteiger partial charge >= 0.3 is 88.7 Å². The second-order valence-corrected chi connectivity index (χ2v) is 5.79. The number of para-hydroxylation sites is 1. The fraction of sp³-hybridized carbons (Fsp3) is 0.273. The van der Waals surface area contributed by atoms with Gasteiger partial charge in [-0.15, -0.1) is 0 Å². The van der Waals surface area contributed by atoms with E-state index in [9.17, 15) is 4.79 Å². The molecular weight excluding hydrogens is 321 g/mol. The van der Waals surface area contributed by atoms with E-state index >= 15 is 0 Å². The van der Waals surface area contributed by atoms with Crippen LogP contribution in [0.15, 0.2) is 24.3 Å². The number of rotatable bonds is 3. The summed E-state index contributed by atoms with van der Waals surface area (Å²) in [5.41, 5.74) is 1.30. The van der Waals surface area contributed by atoms with Gasteiger partial charge in [-0.1, -0.05) is 0 Å². The Morgan fingerprint density at radius 3 is 2.87 bits per heavy atom. The number of carbonyl (C=O) groups is 1. The Morgan fingerprint density at radius 1 is 1.40 bits per heavy atom. The van der Waals surface area contributed by atoms with E-state index in [4.69, 9.17) is 0 Å². The first-order valence-electron chi connectivity index (χ1n) is 4.64. The van der Waals surface area contributed by atoms with Gasteiger partial charge in [0.1, 0.15) is 0 Å². The normalized spacial score (nSPS) is 9.93. The molecule has 1 aromatic heterocycles. The zero-order valence-corrected chi connectivity index (χ0v) is 11.7.